The predicted molar refractivity (Wildman–Crippen MR) is 135 cm³/mol. The first kappa shape index (κ1) is 27.7. The summed E-state index contributed by atoms with van der Waals surface area (Å²) < 4.78 is 0. The number of non-ortho nitro benzene ring substituents is 1. The van der Waals surface area contributed by atoms with Gasteiger partial charge >= 0.3 is 0 Å². The molecule has 2 aromatic rings. The fraction of sp³-hybridized carbons (Fsp3) is 0.304. The minimum atomic E-state index is -0.975. The van der Waals surface area contributed by atoms with Crippen molar-refractivity contribution in [1.29, 1.82) is 0 Å². The number of hydrogen-bond donors (Lipinski definition) is 6. The Morgan fingerprint density at radius 3 is 2.28 bits per heavy atom. The zero-order valence-electron chi connectivity index (χ0n) is 19.6. The molecule has 0 heterocycles. The predicted octanol–water partition coefficient (Wildman–Crippen LogP) is -0.242. The van der Waals surface area contributed by atoms with Gasteiger partial charge in [0.25, 0.3) is 5.69 Å². The summed E-state index contributed by atoms with van der Waals surface area (Å²) in [6.07, 6.45) is 0.882. The number of nitro benzene ring substituents is 1. The number of guanidine groups is 1. The van der Waals surface area contributed by atoms with Crippen LogP contribution >= 0.6 is 0 Å². The molecule has 0 bridgehead atoms. The van der Waals surface area contributed by atoms with Gasteiger partial charge in [-0.05, 0) is 37.0 Å². The second kappa shape index (κ2) is 14.0. The zero-order chi connectivity index (χ0) is 26.5. The van der Waals surface area contributed by atoms with Crippen LogP contribution in [0.3, 0.4) is 0 Å². The number of carbonyl (C=O) groups is 3. The topological polar surface area (TPSA) is 221 Å². The Balaban J connectivity index is 1.94. The van der Waals surface area contributed by atoms with E-state index in [1.807, 2.05) is 30.3 Å². The summed E-state index contributed by atoms with van der Waals surface area (Å²) in [5.41, 5.74) is 17.6. The fourth-order valence-corrected chi connectivity index (χ4v) is 3.17. The van der Waals surface area contributed by atoms with Gasteiger partial charge in [0.15, 0.2) is 5.96 Å². The second-order valence-corrected chi connectivity index (χ2v) is 7.88. The van der Waals surface area contributed by atoms with Gasteiger partial charge in [0, 0.05) is 24.4 Å². The van der Waals surface area contributed by atoms with Crippen LogP contribution in [0.2, 0.25) is 0 Å². The fourth-order valence-electron chi connectivity index (χ4n) is 3.17. The van der Waals surface area contributed by atoms with Crippen molar-refractivity contribution < 1.29 is 19.3 Å². The van der Waals surface area contributed by atoms with E-state index in [1.165, 1.54) is 24.3 Å². The molecule has 0 fully saturated rings. The lowest BCUT2D eigenvalue weighted by Crippen LogP contribution is -2.50. The summed E-state index contributed by atoms with van der Waals surface area (Å²) in [6.45, 7) is -0.138. The maximum atomic E-state index is 12.8. The van der Waals surface area contributed by atoms with Gasteiger partial charge in [-0.3, -0.25) is 29.5 Å². The number of nitrogens with two attached hydrogens (primary N) is 3. The normalized spacial score (nSPS) is 12.0. The Morgan fingerprint density at radius 2 is 1.67 bits per heavy atom. The van der Waals surface area contributed by atoms with Gasteiger partial charge in [-0.2, -0.15) is 0 Å². The lowest BCUT2D eigenvalue weighted by atomic mass is 10.1. The third kappa shape index (κ3) is 9.77. The van der Waals surface area contributed by atoms with E-state index in [0.717, 1.165) is 5.56 Å². The number of hydrogen-bond acceptors (Lipinski definition) is 7. The van der Waals surface area contributed by atoms with E-state index in [1.54, 1.807) is 0 Å². The molecule has 192 valence electrons. The van der Waals surface area contributed by atoms with Gasteiger partial charge in [0.2, 0.25) is 17.7 Å². The largest absolute Gasteiger partial charge is 0.370 e. The van der Waals surface area contributed by atoms with E-state index in [0.29, 0.717) is 18.5 Å². The molecule has 0 aliphatic heterocycles. The summed E-state index contributed by atoms with van der Waals surface area (Å²) in [5.74, 6) is -1.75. The molecule has 0 aliphatic rings. The van der Waals surface area contributed by atoms with Crippen molar-refractivity contribution in [3.05, 3.63) is 70.3 Å². The summed E-state index contributed by atoms with van der Waals surface area (Å²) in [7, 11) is 0. The monoisotopic (exact) mass is 498 g/mol. The van der Waals surface area contributed by atoms with E-state index in [9.17, 15) is 24.5 Å². The number of carbonyl (C=O) groups excluding carboxylic acids is 3. The number of amides is 3. The van der Waals surface area contributed by atoms with Crippen molar-refractivity contribution in [2.75, 3.05) is 18.4 Å². The van der Waals surface area contributed by atoms with Gasteiger partial charge in [0.05, 0.1) is 17.5 Å². The lowest BCUT2D eigenvalue weighted by Gasteiger charge is -2.19. The molecular formula is C23H30N8O5. The number of rotatable bonds is 13. The highest BCUT2D eigenvalue weighted by molar-refractivity contribution is 5.98. The van der Waals surface area contributed by atoms with E-state index in [4.69, 9.17) is 17.2 Å². The zero-order valence-corrected chi connectivity index (χ0v) is 19.6. The Bertz CT molecular complexity index is 1070. The molecule has 0 spiro atoms. The molecule has 0 unspecified atom stereocenters. The Hall–Kier alpha value is -4.52. The molecule has 13 heteroatoms. The first-order chi connectivity index (χ1) is 17.2. The minimum absolute atomic E-state index is 0.0968. The van der Waals surface area contributed by atoms with Crippen molar-refractivity contribution in [2.24, 2.45) is 22.2 Å². The first-order valence-electron chi connectivity index (χ1n) is 11.1. The van der Waals surface area contributed by atoms with Crippen LogP contribution in [0.4, 0.5) is 11.4 Å². The average molecular weight is 499 g/mol. The highest BCUT2D eigenvalue weighted by Gasteiger charge is 2.22. The van der Waals surface area contributed by atoms with E-state index < -0.39 is 34.7 Å². The summed E-state index contributed by atoms with van der Waals surface area (Å²) in [4.78, 5) is 51.6. The second-order valence-electron chi connectivity index (χ2n) is 7.88. The van der Waals surface area contributed by atoms with Gasteiger partial charge in [0.1, 0.15) is 6.04 Å². The third-order valence-electron chi connectivity index (χ3n) is 5.00. The van der Waals surface area contributed by atoms with Crippen molar-refractivity contribution in [1.82, 2.24) is 10.6 Å². The van der Waals surface area contributed by atoms with Gasteiger partial charge in [-0.1, -0.05) is 30.3 Å². The molecule has 0 saturated heterocycles. The maximum Gasteiger partial charge on any atom is 0.269 e. The van der Waals surface area contributed by atoms with Crippen LogP contribution in [0.1, 0.15) is 18.4 Å². The average Bonchev–Trinajstić information content (AvgIpc) is 2.85. The number of nitrogens with zero attached hydrogens (tertiary/aromatic N) is 2. The highest BCUT2D eigenvalue weighted by atomic mass is 16.6. The molecule has 2 atom stereocenters. The van der Waals surface area contributed by atoms with Crippen molar-refractivity contribution >= 4 is 35.1 Å². The van der Waals surface area contributed by atoms with E-state index in [2.05, 4.69) is 20.9 Å². The van der Waals surface area contributed by atoms with Crippen LogP contribution in [0, 0.1) is 10.1 Å². The number of anilines is 1. The van der Waals surface area contributed by atoms with Crippen LogP contribution in [-0.2, 0) is 20.8 Å². The van der Waals surface area contributed by atoms with E-state index >= 15 is 0 Å². The lowest BCUT2D eigenvalue weighted by molar-refractivity contribution is -0.384. The molecule has 2 aromatic carbocycles. The van der Waals surface area contributed by atoms with Gasteiger partial charge in [-0.25, -0.2) is 0 Å². The van der Waals surface area contributed by atoms with Crippen LogP contribution in [0.15, 0.2) is 59.6 Å². The summed E-state index contributed by atoms with van der Waals surface area (Å²) in [6, 6.07) is 12.6. The Kier molecular flexibility index (Phi) is 10.8. The smallest absolute Gasteiger partial charge is 0.269 e. The number of aliphatic imine (C=N–C) groups is 1. The molecule has 0 aliphatic carbocycles. The SMILES string of the molecule is NC(N)=NCCC[C@H](NC(=O)CNC(=O)[C@H](N)Cc1ccccc1)C(=O)Nc1ccc([N+](=O)[O-])cc1. The molecule has 0 radical (unpaired) electrons. The maximum absolute atomic E-state index is 12.8. The molecule has 13 nitrogen and oxygen atoms in total. The highest BCUT2D eigenvalue weighted by Crippen LogP contribution is 2.16. The molecule has 3 amide bonds. The first-order valence-corrected chi connectivity index (χ1v) is 11.1. The standard InChI is InChI=1S/C23H30N8O5/c24-18(13-15-5-2-1-3-6-15)21(33)28-14-20(32)30-19(7-4-12-27-23(25)26)22(34)29-16-8-10-17(11-9-16)31(35)36/h1-3,5-6,8-11,18-19H,4,7,12-14,24H2,(H,28,33)(H,29,34)(H,30,32)(H4,25,26,27)/t18-,19+/m1/s1. The van der Waals surface area contributed by atoms with E-state index in [-0.39, 0.29) is 31.2 Å². The molecule has 9 N–H and O–H groups in total. The minimum Gasteiger partial charge on any atom is -0.370 e. The Morgan fingerprint density at radius 1 is 1.00 bits per heavy atom. The van der Waals surface area contributed by atoms with Crippen molar-refractivity contribution in [3.8, 4) is 0 Å². The quantitative estimate of drug-likeness (QED) is 0.0709. The van der Waals surface area contributed by atoms with Crippen LogP contribution in [0.25, 0.3) is 0 Å². The molecule has 2 rings (SSSR count). The summed E-state index contributed by atoms with van der Waals surface area (Å²) >= 11 is 0. The van der Waals surface area contributed by atoms with Crippen LogP contribution in [0.5, 0.6) is 0 Å². The molecular weight excluding hydrogens is 468 g/mol. The number of nitrogens with one attached hydrogen (secondary N) is 3. The van der Waals surface area contributed by atoms with Crippen LogP contribution in [-0.4, -0.2) is 53.8 Å². The van der Waals surface area contributed by atoms with Gasteiger partial charge in [-0.15, -0.1) is 0 Å². The van der Waals surface area contributed by atoms with Crippen LogP contribution < -0.4 is 33.2 Å². The van der Waals surface area contributed by atoms with Crippen molar-refractivity contribution in [3.63, 3.8) is 0 Å². The van der Waals surface area contributed by atoms with Crippen molar-refractivity contribution in [2.45, 2.75) is 31.3 Å². The number of nitro groups is 1. The summed E-state index contributed by atoms with van der Waals surface area (Å²) in [5, 5.41) is 18.5. The molecule has 0 aromatic heterocycles. The molecule has 0 saturated carbocycles. The molecule has 36 heavy (non-hydrogen) atoms. The third-order valence-corrected chi connectivity index (χ3v) is 5.00. The Labute approximate surface area is 207 Å². The number of benzene rings is 2. The van der Waals surface area contributed by atoms with Gasteiger partial charge < -0.3 is 33.2 Å².